The van der Waals surface area contributed by atoms with Crippen LogP contribution in [0.15, 0.2) is 42.5 Å². The Morgan fingerprint density at radius 1 is 1.19 bits per heavy atom. The van der Waals surface area contributed by atoms with Gasteiger partial charge in [-0.2, -0.15) is 13.2 Å². The van der Waals surface area contributed by atoms with E-state index in [4.69, 9.17) is 0 Å². The predicted octanol–water partition coefficient (Wildman–Crippen LogP) is 4.19. The number of nitrogens with zero attached hydrogens (tertiary/aromatic N) is 3. The van der Waals surface area contributed by atoms with Crippen LogP contribution < -0.4 is 0 Å². The third-order valence-corrected chi connectivity index (χ3v) is 5.52. The van der Waals surface area contributed by atoms with Crippen LogP contribution in [0.25, 0.3) is 0 Å². The summed E-state index contributed by atoms with van der Waals surface area (Å²) in [5.41, 5.74) is 0.296. The molecule has 1 aliphatic heterocycles. The van der Waals surface area contributed by atoms with Crippen molar-refractivity contribution in [3.05, 3.63) is 74.8 Å². The number of hydrogen-bond acceptors (Lipinski definition) is 4. The van der Waals surface area contributed by atoms with Crippen LogP contribution in [-0.2, 0) is 17.5 Å². The maximum atomic E-state index is 13.0. The number of likely N-dealkylation sites (N-methyl/N-ethyl adjacent to an activating group) is 1. The molecule has 2 aromatic carbocycles. The van der Waals surface area contributed by atoms with Crippen molar-refractivity contribution in [1.82, 2.24) is 9.80 Å². The van der Waals surface area contributed by atoms with E-state index in [0.29, 0.717) is 30.5 Å². The second kappa shape index (κ2) is 8.97. The zero-order chi connectivity index (χ0) is 23.6. The maximum absolute atomic E-state index is 13.0. The summed E-state index contributed by atoms with van der Waals surface area (Å²) in [5, 5.41) is 11.0. The van der Waals surface area contributed by atoms with Crippen LogP contribution in [0.3, 0.4) is 0 Å². The van der Waals surface area contributed by atoms with Crippen molar-refractivity contribution in [1.29, 1.82) is 0 Å². The van der Waals surface area contributed by atoms with Crippen molar-refractivity contribution in [3.8, 4) is 0 Å². The Bertz CT molecular complexity index is 1040. The molecule has 0 spiro atoms. The summed E-state index contributed by atoms with van der Waals surface area (Å²) in [4.78, 5) is 39.3. The molecule has 1 atom stereocenters. The number of hydrogen-bond donors (Lipinski definition) is 0. The third-order valence-electron chi connectivity index (χ3n) is 5.52. The van der Waals surface area contributed by atoms with Gasteiger partial charge in [-0.25, -0.2) is 0 Å². The Kier molecular flexibility index (Phi) is 6.52. The number of nitro groups is 1. The lowest BCUT2D eigenvalue weighted by molar-refractivity contribution is -0.385. The van der Waals surface area contributed by atoms with Gasteiger partial charge >= 0.3 is 6.18 Å². The van der Waals surface area contributed by atoms with E-state index < -0.39 is 22.7 Å². The molecule has 170 valence electrons. The number of alkyl halides is 3. The number of carbonyl (C=O) groups is 2. The smallest absolute Gasteiger partial charge is 0.340 e. The third kappa shape index (κ3) is 4.90. The number of benzene rings is 2. The SMILES string of the molecule is Cc1cc(C(=O)N2CCCC2C(=O)N(C)Cc2ccc(C(F)(F)F)cc2)ccc1[N+](=O)[O-]. The lowest BCUT2D eigenvalue weighted by atomic mass is 10.1. The molecule has 1 fully saturated rings. The lowest BCUT2D eigenvalue weighted by Crippen LogP contribution is -2.46. The summed E-state index contributed by atoms with van der Waals surface area (Å²) >= 11 is 0. The summed E-state index contributed by atoms with van der Waals surface area (Å²) in [6, 6.07) is 7.97. The monoisotopic (exact) mass is 449 g/mol. The Hall–Kier alpha value is -3.43. The molecule has 0 N–H and O–H groups in total. The largest absolute Gasteiger partial charge is 0.416 e. The van der Waals surface area contributed by atoms with Crippen LogP contribution in [-0.4, -0.2) is 46.2 Å². The lowest BCUT2D eigenvalue weighted by Gasteiger charge is -2.28. The fraction of sp³-hybridized carbons (Fsp3) is 0.364. The van der Waals surface area contributed by atoms with Crippen molar-refractivity contribution in [2.24, 2.45) is 0 Å². The first-order chi connectivity index (χ1) is 15.0. The van der Waals surface area contributed by atoms with E-state index in [9.17, 15) is 32.9 Å². The molecule has 0 bridgehead atoms. The molecule has 0 saturated carbocycles. The van der Waals surface area contributed by atoms with E-state index in [1.807, 2.05) is 0 Å². The molecule has 0 aromatic heterocycles. The molecule has 2 amide bonds. The minimum Gasteiger partial charge on any atom is -0.340 e. The number of nitro benzene ring substituents is 1. The Labute approximate surface area is 182 Å². The average Bonchev–Trinajstić information content (AvgIpc) is 3.21. The van der Waals surface area contributed by atoms with Gasteiger partial charge in [-0.15, -0.1) is 0 Å². The normalized spacial score (nSPS) is 16.2. The summed E-state index contributed by atoms with van der Waals surface area (Å²) < 4.78 is 38.2. The minimum absolute atomic E-state index is 0.0909. The van der Waals surface area contributed by atoms with Gasteiger partial charge in [0.15, 0.2) is 0 Å². The number of aryl methyl sites for hydroxylation is 1. The number of halogens is 3. The van der Waals surface area contributed by atoms with Gasteiger partial charge in [-0.1, -0.05) is 12.1 Å². The van der Waals surface area contributed by atoms with Crippen molar-refractivity contribution >= 4 is 17.5 Å². The zero-order valence-corrected chi connectivity index (χ0v) is 17.6. The van der Waals surface area contributed by atoms with E-state index >= 15 is 0 Å². The second-order valence-corrected chi connectivity index (χ2v) is 7.80. The second-order valence-electron chi connectivity index (χ2n) is 7.80. The highest BCUT2D eigenvalue weighted by Crippen LogP contribution is 2.29. The van der Waals surface area contributed by atoms with E-state index in [-0.39, 0.29) is 29.6 Å². The van der Waals surface area contributed by atoms with E-state index in [0.717, 1.165) is 12.1 Å². The van der Waals surface area contributed by atoms with Gasteiger partial charge in [-0.3, -0.25) is 19.7 Å². The molecule has 0 radical (unpaired) electrons. The highest BCUT2D eigenvalue weighted by molar-refractivity contribution is 5.98. The molecular formula is C22H22F3N3O4. The van der Waals surface area contributed by atoms with Crippen LogP contribution >= 0.6 is 0 Å². The Balaban J connectivity index is 1.71. The first-order valence-corrected chi connectivity index (χ1v) is 9.96. The standard InChI is InChI=1S/C22H22F3N3O4/c1-14-12-16(7-10-18(14)28(31)32)20(29)27-11-3-4-19(27)21(30)26(2)13-15-5-8-17(9-6-15)22(23,24)25/h5-10,12,19H,3-4,11,13H2,1-2H3. The van der Waals surface area contributed by atoms with Crippen molar-refractivity contribution in [3.63, 3.8) is 0 Å². The van der Waals surface area contributed by atoms with Crippen molar-refractivity contribution in [2.75, 3.05) is 13.6 Å². The molecule has 0 aliphatic carbocycles. The van der Waals surface area contributed by atoms with Crippen molar-refractivity contribution in [2.45, 2.75) is 38.5 Å². The van der Waals surface area contributed by atoms with Crippen LogP contribution in [0.5, 0.6) is 0 Å². The maximum Gasteiger partial charge on any atom is 0.416 e. The molecule has 1 aliphatic rings. The molecule has 2 aromatic rings. The quantitative estimate of drug-likeness (QED) is 0.506. The summed E-state index contributed by atoms with van der Waals surface area (Å²) in [7, 11) is 1.54. The van der Waals surface area contributed by atoms with Gasteiger partial charge in [0, 0.05) is 37.3 Å². The highest BCUT2D eigenvalue weighted by Gasteiger charge is 2.36. The Morgan fingerprint density at radius 2 is 1.84 bits per heavy atom. The van der Waals surface area contributed by atoms with Gasteiger partial charge in [0.25, 0.3) is 11.6 Å². The molecular weight excluding hydrogens is 427 g/mol. The molecule has 1 unspecified atom stereocenters. The average molecular weight is 449 g/mol. The van der Waals surface area contributed by atoms with Crippen LogP contribution in [0.4, 0.5) is 18.9 Å². The zero-order valence-electron chi connectivity index (χ0n) is 17.6. The fourth-order valence-corrected chi connectivity index (χ4v) is 3.83. The molecule has 1 heterocycles. The number of amides is 2. The van der Waals surface area contributed by atoms with Gasteiger partial charge in [0.2, 0.25) is 5.91 Å². The minimum atomic E-state index is -4.43. The van der Waals surface area contributed by atoms with E-state index in [1.54, 1.807) is 6.92 Å². The van der Waals surface area contributed by atoms with Crippen molar-refractivity contribution < 1.29 is 27.7 Å². The molecule has 1 saturated heterocycles. The van der Waals surface area contributed by atoms with E-state index in [2.05, 4.69) is 0 Å². The Morgan fingerprint density at radius 3 is 2.41 bits per heavy atom. The predicted molar refractivity (Wildman–Crippen MR) is 110 cm³/mol. The number of rotatable bonds is 5. The number of carbonyl (C=O) groups excluding carboxylic acids is 2. The molecule has 32 heavy (non-hydrogen) atoms. The number of likely N-dealkylation sites (tertiary alicyclic amines) is 1. The van der Waals surface area contributed by atoms with Gasteiger partial charge < -0.3 is 9.80 Å². The van der Waals surface area contributed by atoms with Crippen LogP contribution in [0.2, 0.25) is 0 Å². The first kappa shape index (κ1) is 23.2. The summed E-state index contributed by atoms with van der Waals surface area (Å²) in [6.07, 6.45) is -3.34. The fourth-order valence-electron chi connectivity index (χ4n) is 3.83. The highest BCUT2D eigenvalue weighted by atomic mass is 19.4. The molecule has 7 nitrogen and oxygen atoms in total. The first-order valence-electron chi connectivity index (χ1n) is 9.96. The summed E-state index contributed by atoms with van der Waals surface area (Å²) in [6.45, 7) is 2.02. The van der Waals surface area contributed by atoms with Crippen LogP contribution in [0.1, 0.15) is 39.9 Å². The van der Waals surface area contributed by atoms with Gasteiger partial charge in [0.05, 0.1) is 10.5 Å². The topological polar surface area (TPSA) is 83.8 Å². The van der Waals surface area contributed by atoms with E-state index in [1.165, 1.54) is 47.2 Å². The van der Waals surface area contributed by atoms with Crippen LogP contribution in [0, 0.1) is 17.0 Å². The van der Waals surface area contributed by atoms with Gasteiger partial charge in [-0.05, 0) is 49.6 Å². The molecule has 10 heteroatoms. The van der Waals surface area contributed by atoms with Gasteiger partial charge in [0.1, 0.15) is 6.04 Å². The summed E-state index contributed by atoms with van der Waals surface area (Å²) in [5.74, 6) is -0.698. The molecule has 3 rings (SSSR count).